The standard InChI is InChI=1S/C7H11N3S/c8-3-7-9-1-2-10(7)6-4-11-5-6/h1-2,6H,3-5,8H2. The molecule has 4 heteroatoms. The van der Waals surface area contributed by atoms with Gasteiger partial charge in [0.2, 0.25) is 0 Å². The van der Waals surface area contributed by atoms with Crippen molar-refractivity contribution in [2.75, 3.05) is 11.5 Å². The van der Waals surface area contributed by atoms with Crippen LogP contribution in [0.2, 0.25) is 0 Å². The van der Waals surface area contributed by atoms with E-state index in [0.717, 1.165) is 5.82 Å². The smallest absolute Gasteiger partial charge is 0.122 e. The fraction of sp³-hybridized carbons (Fsp3) is 0.571. The molecule has 3 nitrogen and oxygen atoms in total. The molecule has 0 bridgehead atoms. The molecule has 2 heterocycles. The molecule has 60 valence electrons. The first-order valence-electron chi connectivity index (χ1n) is 3.71. The molecule has 0 aliphatic carbocycles. The normalized spacial score (nSPS) is 18.3. The van der Waals surface area contributed by atoms with Crippen molar-refractivity contribution < 1.29 is 0 Å². The summed E-state index contributed by atoms with van der Waals surface area (Å²) in [4.78, 5) is 4.17. The van der Waals surface area contributed by atoms with Crippen LogP contribution in [-0.2, 0) is 6.54 Å². The van der Waals surface area contributed by atoms with Crippen molar-refractivity contribution in [2.45, 2.75) is 12.6 Å². The van der Waals surface area contributed by atoms with Crippen molar-refractivity contribution in [2.24, 2.45) is 5.73 Å². The quantitative estimate of drug-likeness (QED) is 0.706. The summed E-state index contributed by atoms with van der Waals surface area (Å²) in [6.45, 7) is 0.550. The van der Waals surface area contributed by atoms with E-state index in [1.165, 1.54) is 11.5 Å². The lowest BCUT2D eigenvalue weighted by atomic mass is 10.3. The topological polar surface area (TPSA) is 43.8 Å². The van der Waals surface area contributed by atoms with E-state index in [2.05, 4.69) is 9.55 Å². The monoisotopic (exact) mass is 169 g/mol. The average molecular weight is 169 g/mol. The van der Waals surface area contributed by atoms with Crippen LogP contribution in [0, 0.1) is 0 Å². The largest absolute Gasteiger partial charge is 0.329 e. The van der Waals surface area contributed by atoms with Gasteiger partial charge in [-0.25, -0.2) is 4.98 Å². The van der Waals surface area contributed by atoms with Crippen LogP contribution in [-0.4, -0.2) is 21.1 Å². The molecule has 0 atom stereocenters. The Labute approximate surface area is 70.0 Å². The molecule has 0 amide bonds. The summed E-state index contributed by atoms with van der Waals surface area (Å²) in [5, 5.41) is 0. The molecule has 0 saturated carbocycles. The molecule has 1 aromatic rings. The molecule has 0 aromatic carbocycles. The molecule has 0 spiro atoms. The maximum atomic E-state index is 5.52. The number of nitrogens with zero attached hydrogens (tertiary/aromatic N) is 2. The van der Waals surface area contributed by atoms with E-state index in [-0.39, 0.29) is 0 Å². The molecular formula is C7H11N3S. The zero-order valence-electron chi connectivity index (χ0n) is 6.23. The van der Waals surface area contributed by atoms with Crippen molar-refractivity contribution in [1.29, 1.82) is 0 Å². The van der Waals surface area contributed by atoms with Crippen LogP contribution in [0.1, 0.15) is 11.9 Å². The maximum absolute atomic E-state index is 5.52. The molecule has 1 aliphatic heterocycles. The van der Waals surface area contributed by atoms with Gasteiger partial charge in [-0.1, -0.05) is 0 Å². The highest BCUT2D eigenvalue weighted by Gasteiger charge is 2.21. The van der Waals surface area contributed by atoms with Gasteiger partial charge in [-0.2, -0.15) is 11.8 Å². The number of thioether (sulfide) groups is 1. The third kappa shape index (κ3) is 1.16. The van der Waals surface area contributed by atoms with E-state index >= 15 is 0 Å². The third-order valence-electron chi connectivity index (χ3n) is 1.95. The Kier molecular flexibility index (Phi) is 1.87. The minimum atomic E-state index is 0.550. The lowest BCUT2D eigenvalue weighted by molar-refractivity contribution is 0.562. The number of aromatic nitrogens is 2. The highest BCUT2D eigenvalue weighted by atomic mass is 32.2. The van der Waals surface area contributed by atoms with Gasteiger partial charge >= 0.3 is 0 Å². The van der Waals surface area contributed by atoms with Crippen molar-refractivity contribution in [3.05, 3.63) is 18.2 Å². The summed E-state index contributed by atoms with van der Waals surface area (Å²) in [6, 6.07) is 0.654. The zero-order chi connectivity index (χ0) is 7.68. The number of hydrogen-bond acceptors (Lipinski definition) is 3. The SMILES string of the molecule is NCc1nccn1C1CSC1. The van der Waals surface area contributed by atoms with Crippen LogP contribution in [0.15, 0.2) is 12.4 Å². The summed E-state index contributed by atoms with van der Waals surface area (Å²) < 4.78 is 2.19. The van der Waals surface area contributed by atoms with E-state index in [4.69, 9.17) is 5.73 Å². The molecule has 1 saturated heterocycles. The van der Waals surface area contributed by atoms with Crippen molar-refractivity contribution in [1.82, 2.24) is 9.55 Å². The zero-order valence-corrected chi connectivity index (χ0v) is 7.05. The summed E-state index contributed by atoms with van der Waals surface area (Å²) in [5.41, 5.74) is 5.52. The van der Waals surface area contributed by atoms with E-state index < -0.39 is 0 Å². The Morgan fingerprint density at radius 2 is 2.55 bits per heavy atom. The molecular weight excluding hydrogens is 158 g/mol. The average Bonchev–Trinajstić information content (AvgIpc) is 2.32. The van der Waals surface area contributed by atoms with Gasteiger partial charge in [-0.15, -0.1) is 0 Å². The van der Waals surface area contributed by atoms with Gasteiger partial charge in [-0.3, -0.25) is 0 Å². The number of hydrogen-bond donors (Lipinski definition) is 1. The van der Waals surface area contributed by atoms with Crippen LogP contribution in [0.5, 0.6) is 0 Å². The van der Waals surface area contributed by atoms with Gasteiger partial charge in [0, 0.05) is 23.9 Å². The fourth-order valence-electron chi connectivity index (χ4n) is 1.22. The maximum Gasteiger partial charge on any atom is 0.122 e. The van der Waals surface area contributed by atoms with E-state index in [1.54, 1.807) is 0 Å². The van der Waals surface area contributed by atoms with Crippen LogP contribution >= 0.6 is 11.8 Å². The van der Waals surface area contributed by atoms with Crippen LogP contribution < -0.4 is 5.73 Å². The molecule has 2 N–H and O–H groups in total. The van der Waals surface area contributed by atoms with Crippen LogP contribution in [0.3, 0.4) is 0 Å². The van der Waals surface area contributed by atoms with Crippen molar-refractivity contribution >= 4 is 11.8 Å². The minimum Gasteiger partial charge on any atom is -0.329 e. The van der Waals surface area contributed by atoms with Crippen LogP contribution in [0.4, 0.5) is 0 Å². The van der Waals surface area contributed by atoms with Gasteiger partial charge in [0.15, 0.2) is 0 Å². The summed E-state index contributed by atoms with van der Waals surface area (Å²) >= 11 is 1.97. The summed E-state index contributed by atoms with van der Waals surface area (Å²) in [5.74, 6) is 3.43. The molecule has 1 aliphatic rings. The molecule has 0 unspecified atom stereocenters. The minimum absolute atomic E-state index is 0.550. The Bertz CT molecular complexity index is 242. The second-order valence-electron chi connectivity index (χ2n) is 2.65. The number of rotatable bonds is 2. The molecule has 1 aromatic heterocycles. The number of nitrogens with two attached hydrogens (primary N) is 1. The third-order valence-corrected chi connectivity index (χ3v) is 3.19. The Hall–Kier alpha value is -0.480. The summed E-state index contributed by atoms with van der Waals surface area (Å²) in [6.07, 6.45) is 3.84. The first-order chi connectivity index (χ1) is 5.42. The Balaban J connectivity index is 2.20. The van der Waals surface area contributed by atoms with Gasteiger partial charge in [-0.05, 0) is 0 Å². The van der Waals surface area contributed by atoms with E-state index in [0.29, 0.717) is 12.6 Å². The molecule has 11 heavy (non-hydrogen) atoms. The predicted octanol–water partition coefficient (Wildman–Crippen LogP) is 0.630. The lowest BCUT2D eigenvalue weighted by Crippen LogP contribution is -2.24. The fourth-order valence-corrected chi connectivity index (χ4v) is 1.99. The van der Waals surface area contributed by atoms with Gasteiger partial charge in [0.1, 0.15) is 5.82 Å². The number of imidazole rings is 1. The van der Waals surface area contributed by atoms with Crippen molar-refractivity contribution in [3.8, 4) is 0 Å². The van der Waals surface area contributed by atoms with E-state index in [1.807, 2.05) is 24.2 Å². The first-order valence-corrected chi connectivity index (χ1v) is 4.87. The second-order valence-corrected chi connectivity index (χ2v) is 3.72. The Morgan fingerprint density at radius 1 is 1.73 bits per heavy atom. The second kappa shape index (κ2) is 2.87. The van der Waals surface area contributed by atoms with E-state index in [9.17, 15) is 0 Å². The Morgan fingerprint density at radius 3 is 3.09 bits per heavy atom. The highest BCUT2D eigenvalue weighted by Crippen LogP contribution is 2.29. The predicted molar refractivity (Wildman–Crippen MR) is 46.5 cm³/mol. The van der Waals surface area contributed by atoms with Crippen LogP contribution in [0.25, 0.3) is 0 Å². The molecule has 1 fully saturated rings. The van der Waals surface area contributed by atoms with Crippen molar-refractivity contribution in [3.63, 3.8) is 0 Å². The van der Waals surface area contributed by atoms with Gasteiger partial charge in [0.05, 0.1) is 12.6 Å². The summed E-state index contributed by atoms with van der Waals surface area (Å²) in [7, 11) is 0. The van der Waals surface area contributed by atoms with Gasteiger partial charge < -0.3 is 10.3 Å². The highest BCUT2D eigenvalue weighted by molar-refractivity contribution is 8.00. The lowest BCUT2D eigenvalue weighted by Gasteiger charge is -2.27. The molecule has 2 rings (SSSR count). The van der Waals surface area contributed by atoms with Gasteiger partial charge in [0.25, 0.3) is 0 Å². The molecule has 0 radical (unpaired) electrons. The first kappa shape index (κ1) is 7.18.